The summed E-state index contributed by atoms with van der Waals surface area (Å²) in [5.74, 6) is 0.569. The normalized spacial score (nSPS) is 12.9. The largest absolute Gasteiger partial charge is 0.422 e. The van der Waals surface area contributed by atoms with Crippen molar-refractivity contribution in [2.45, 2.75) is 64.2 Å². The van der Waals surface area contributed by atoms with Gasteiger partial charge in [-0.15, -0.1) is 0 Å². The summed E-state index contributed by atoms with van der Waals surface area (Å²) in [4.78, 5) is 17.3. The van der Waals surface area contributed by atoms with E-state index in [-0.39, 0.29) is 32.1 Å². The van der Waals surface area contributed by atoms with E-state index >= 15 is 0 Å². The van der Waals surface area contributed by atoms with Gasteiger partial charge in [-0.3, -0.25) is 9.71 Å². The van der Waals surface area contributed by atoms with Gasteiger partial charge in [-0.2, -0.15) is 0 Å². The molecule has 0 spiro atoms. The van der Waals surface area contributed by atoms with Crippen LogP contribution in [-0.2, 0) is 20.9 Å². The van der Waals surface area contributed by atoms with E-state index < -0.39 is 15.6 Å². The third-order valence-corrected chi connectivity index (χ3v) is 7.79. The van der Waals surface area contributed by atoms with Crippen molar-refractivity contribution in [3.05, 3.63) is 80.4 Å². The molecule has 0 atom stereocenters. The quantitative estimate of drug-likeness (QED) is 0.212. The van der Waals surface area contributed by atoms with E-state index in [9.17, 15) is 13.2 Å². The predicted molar refractivity (Wildman–Crippen MR) is 151 cm³/mol. The number of nitrogens with one attached hydrogen (secondary N) is 1. The van der Waals surface area contributed by atoms with Crippen LogP contribution in [0.2, 0.25) is 5.02 Å². The predicted octanol–water partition coefficient (Wildman–Crippen LogP) is 6.89. The number of benzene rings is 2. The lowest BCUT2D eigenvalue weighted by molar-refractivity contribution is 0.400. The molecule has 1 N–H and O–H groups in total. The van der Waals surface area contributed by atoms with Gasteiger partial charge >= 0.3 is 5.63 Å². The minimum atomic E-state index is -3.86. The van der Waals surface area contributed by atoms with Crippen molar-refractivity contribution in [1.29, 1.82) is 0 Å². The summed E-state index contributed by atoms with van der Waals surface area (Å²) in [5.41, 5.74) is 1.94. The van der Waals surface area contributed by atoms with Crippen LogP contribution in [-0.4, -0.2) is 19.8 Å². The fraction of sp³-hybridized carbons (Fsp3) is 0.321. The molecule has 0 unspecified atom stereocenters. The molecule has 0 aliphatic carbocycles. The lowest BCUT2D eigenvalue weighted by Crippen LogP contribution is -2.18. The Bertz CT molecular complexity index is 1700. The van der Waals surface area contributed by atoms with Gasteiger partial charge in [0.15, 0.2) is 5.82 Å². The van der Waals surface area contributed by atoms with Crippen molar-refractivity contribution in [3.8, 4) is 0 Å². The highest BCUT2D eigenvalue weighted by molar-refractivity contribution is 7.92. The summed E-state index contributed by atoms with van der Waals surface area (Å²) in [7, 11) is -3.86. The Morgan fingerprint density at radius 2 is 1.66 bits per heavy atom. The van der Waals surface area contributed by atoms with Crippen LogP contribution in [0.1, 0.15) is 64.0 Å². The van der Waals surface area contributed by atoms with Gasteiger partial charge in [0, 0.05) is 23.2 Å². The summed E-state index contributed by atoms with van der Waals surface area (Å²) < 4.78 is 38.2. The maximum absolute atomic E-state index is 13.0. The van der Waals surface area contributed by atoms with Crippen molar-refractivity contribution in [3.63, 3.8) is 0 Å². The Morgan fingerprint density at radius 3 is 2.21 bits per heavy atom. The summed E-state index contributed by atoms with van der Waals surface area (Å²) in [6, 6.07) is 11.3. The van der Waals surface area contributed by atoms with Crippen LogP contribution in [0.5, 0.6) is 0 Å². The molecular formula is C28H30ClN3O5S. The molecule has 0 saturated carbocycles. The van der Waals surface area contributed by atoms with E-state index in [1.165, 1.54) is 36.5 Å². The lowest BCUT2D eigenvalue weighted by atomic mass is 9.79. The Hall–Kier alpha value is -3.43. The first-order valence-corrected chi connectivity index (χ1v) is 13.8. The molecule has 38 heavy (non-hydrogen) atoms. The van der Waals surface area contributed by atoms with Crippen LogP contribution < -0.4 is 10.3 Å². The van der Waals surface area contributed by atoms with Crippen LogP contribution in [0.3, 0.4) is 0 Å². The third-order valence-electron chi connectivity index (χ3n) is 6.01. The van der Waals surface area contributed by atoms with Gasteiger partial charge in [0.05, 0.1) is 21.2 Å². The van der Waals surface area contributed by atoms with Gasteiger partial charge in [0.1, 0.15) is 11.3 Å². The zero-order chi connectivity index (χ0) is 28.0. The Labute approximate surface area is 226 Å². The molecule has 4 aromatic rings. The van der Waals surface area contributed by atoms with E-state index in [1.54, 1.807) is 6.92 Å². The Kier molecular flexibility index (Phi) is 7.05. The lowest BCUT2D eigenvalue weighted by Gasteiger charge is -2.26. The van der Waals surface area contributed by atoms with Gasteiger partial charge in [-0.05, 0) is 53.6 Å². The molecular weight excluding hydrogens is 526 g/mol. The molecule has 8 nitrogen and oxygen atoms in total. The number of aromatic nitrogens is 1. The maximum Gasteiger partial charge on any atom is 0.346 e. The fourth-order valence-corrected chi connectivity index (χ4v) is 5.10. The standard InChI is InChI=1S/C28H30ClN3O5S/c1-16-12-23(31-37-16)32-38(34,35)19-10-8-18(9-11-19)30-15-21-24(29)20-13-17(27(2,3)4)14-22(28(5,6)7)25(20)36-26(21)33/h8-15H,1-7H3,(H,31,32). The summed E-state index contributed by atoms with van der Waals surface area (Å²) in [6.07, 6.45) is 1.34. The zero-order valence-corrected chi connectivity index (χ0v) is 23.9. The van der Waals surface area contributed by atoms with Crippen molar-refractivity contribution in [2.24, 2.45) is 4.99 Å². The number of hydrogen-bond donors (Lipinski definition) is 1. The molecule has 0 bridgehead atoms. The monoisotopic (exact) mass is 555 g/mol. The highest BCUT2D eigenvalue weighted by Gasteiger charge is 2.26. The third kappa shape index (κ3) is 5.68. The van der Waals surface area contributed by atoms with E-state index in [1.807, 2.05) is 6.07 Å². The van der Waals surface area contributed by atoms with Gasteiger partial charge in [0.25, 0.3) is 10.0 Å². The minimum Gasteiger partial charge on any atom is -0.422 e. The van der Waals surface area contributed by atoms with Gasteiger partial charge in [-0.25, -0.2) is 13.2 Å². The van der Waals surface area contributed by atoms with Crippen LogP contribution in [0, 0.1) is 6.92 Å². The SMILES string of the molecule is Cc1cc(NS(=O)(=O)c2ccc(N=Cc3c(Cl)c4cc(C(C)(C)C)cc(C(C)(C)C)c4oc3=O)cc2)no1. The van der Waals surface area contributed by atoms with Crippen LogP contribution in [0.25, 0.3) is 11.0 Å². The molecule has 0 aliphatic heterocycles. The molecule has 0 saturated heterocycles. The highest BCUT2D eigenvalue weighted by Crippen LogP contribution is 2.37. The number of aliphatic imine (C=N–C) groups is 1. The minimum absolute atomic E-state index is 0.0183. The zero-order valence-electron chi connectivity index (χ0n) is 22.3. The van der Waals surface area contributed by atoms with Crippen molar-refractivity contribution in [2.75, 3.05) is 4.72 Å². The fourth-order valence-electron chi connectivity index (χ4n) is 3.85. The number of fused-ring (bicyclic) bond motifs is 1. The molecule has 2 aromatic carbocycles. The molecule has 0 radical (unpaired) electrons. The topological polar surface area (TPSA) is 115 Å². The molecule has 200 valence electrons. The molecule has 2 aromatic heterocycles. The number of sulfonamides is 1. The van der Waals surface area contributed by atoms with Crippen LogP contribution in [0.4, 0.5) is 11.5 Å². The van der Waals surface area contributed by atoms with Gasteiger partial charge in [-0.1, -0.05) is 64.4 Å². The number of hydrogen-bond acceptors (Lipinski definition) is 7. The van der Waals surface area contributed by atoms with Crippen LogP contribution in [0.15, 0.2) is 66.1 Å². The molecule has 2 heterocycles. The van der Waals surface area contributed by atoms with Crippen molar-refractivity contribution >= 4 is 50.3 Å². The average molecular weight is 556 g/mol. The number of rotatable bonds is 5. The van der Waals surface area contributed by atoms with Crippen molar-refractivity contribution in [1.82, 2.24) is 5.16 Å². The molecule has 0 aliphatic rings. The number of anilines is 1. The highest BCUT2D eigenvalue weighted by atomic mass is 35.5. The second-order valence-corrected chi connectivity index (χ2v) is 13.3. The molecule has 0 fully saturated rings. The van der Waals surface area contributed by atoms with E-state index in [2.05, 4.69) is 62.5 Å². The number of nitrogens with zero attached hydrogens (tertiary/aromatic N) is 2. The first-order chi connectivity index (χ1) is 17.6. The van der Waals surface area contributed by atoms with Gasteiger partial charge < -0.3 is 8.94 Å². The molecule has 10 heteroatoms. The van der Waals surface area contributed by atoms with E-state index in [0.717, 1.165) is 11.1 Å². The Balaban J connectivity index is 1.71. The summed E-state index contributed by atoms with van der Waals surface area (Å²) >= 11 is 6.77. The number of aryl methyl sites for hydroxylation is 1. The maximum atomic E-state index is 13.0. The van der Waals surface area contributed by atoms with Crippen molar-refractivity contribution < 1.29 is 17.4 Å². The first-order valence-electron chi connectivity index (χ1n) is 12.0. The van der Waals surface area contributed by atoms with Gasteiger partial charge in [0.2, 0.25) is 0 Å². The van der Waals surface area contributed by atoms with E-state index in [0.29, 0.717) is 22.4 Å². The molecule has 0 amide bonds. The molecule has 4 rings (SSSR count). The first kappa shape index (κ1) is 27.6. The Morgan fingerprint density at radius 1 is 1.00 bits per heavy atom. The smallest absolute Gasteiger partial charge is 0.346 e. The van der Waals surface area contributed by atoms with Crippen LogP contribution >= 0.6 is 11.6 Å². The second kappa shape index (κ2) is 9.71. The number of halogens is 1. The summed E-state index contributed by atoms with van der Waals surface area (Å²) in [5, 5.41) is 4.53. The second-order valence-electron chi connectivity index (χ2n) is 11.2. The van der Waals surface area contributed by atoms with E-state index in [4.69, 9.17) is 20.5 Å². The summed E-state index contributed by atoms with van der Waals surface area (Å²) in [6.45, 7) is 14.2. The average Bonchev–Trinajstić information content (AvgIpc) is 3.21.